The minimum atomic E-state index is -3.65. The average molecular weight is 274 g/mol. The van der Waals surface area contributed by atoms with E-state index < -0.39 is 10.0 Å². The van der Waals surface area contributed by atoms with Crippen molar-refractivity contribution >= 4 is 15.7 Å². The Morgan fingerprint density at radius 3 is 2.06 bits per heavy atom. The van der Waals surface area contributed by atoms with Crippen LogP contribution in [0.15, 0.2) is 29.2 Å². The van der Waals surface area contributed by atoms with E-state index in [-0.39, 0.29) is 17.2 Å². The molecule has 6 nitrogen and oxygen atoms in total. The van der Waals surface area contributed by atoms with E-state index >= 15 is 0 Å². The van der Waals surface area contributed by atoms with Gasteiger partial charge in [0, 0.05) is 19.9 Å². The fourth-order valence-electron chi connectivity index (χ4n) is 1.58. The van der Waals surface area contributed by atoms with Gasteiger partial charge in [0.25, 0.3) is 0 Å². The van der Waals surface area contributed by atoms with Crippen LogP contribution >= 0.6 is 0 Å². The number of nitrogens with one attached hydrogen (secondary N) is 1. The van der Waals surface area contributed by atoms with Crippen molar-refractivity contribution in [2.45, 2.75) is 24.2 Å². The fraction of sp³-hybridized carbons (Fsp3) is 0.455. The largest absolute Gasteiger partial charge is 0.377 e. The third kappa shape index (κ3) is 3.95. The molecule has 0 amide bonds. The Morgan fingerprint density at radius 1 is 1.17 bits per heavy atom. The van der Waals surface area contributed by atoms with Gasteiger partial charge in [0.1, 0.15) is 0 Å². The average Bonchev–Trinajstić information content (AvgIpc) is 2.30. The Kier molecular flexibility index (Phi) is 5.09. The molecule has 0 aromatic heterocycles. The zero-order chi connectivity index (χ0) is 13.8. The van der Waals surface area contributed by atoms with Gasteiger partial charge in [0.15, 0.2) is 6.29 Å². The van der Waals surface area contributed by atoms with Crippen LogP contribution in [0.25, 0.3) is 0 Å². The molecular formula is C11H18N2O4S. The standard InChI is InChI=1S/C11H18N2O4S/c1-8(11(16-2)17-3)13-9-4-6-10(7-5-9)18(12,14)15/h4-8,11,13H,1-3H3,(H2,12,14,15). The molecule has 1 aromatic rings. The first-order chi connectivity index (χ1) is 8.38. The molecule has 102 valence electrons. The first-order valence-electron chi connectivity index (χ1n) is 5.33. The van der Waals surface area contributed by atoms with Crippen molar-refractivity contribution in [1.82, 2.24) is 0 Å². The van der Waals surface area contributed by atoms with Gasteiger partial charge in [-0.05, 0) is 31.2 Å². The van der Waals surface area contributed by atoms with Crippen molar-refractivity contribution in [2.24, 2.45) is 5.14 Å². The molecule has 3 N–H and O–H groups in total. The fourth-order valence-corrected chi connectivity index (χ4v) is 2.09. The van der Waals surface area contributed by atoms with E-state index in [0.29, 0.717) is 0 Å². The Morgan fingerprint density at radius 2 is 1.67 bits per heavy atom. The third-order valence-corrected chi connectivity index (χ3v) is 3.38. The van der Waals surface area contributed by atoms with Crippen molar-refractivity contribution in [2.75, 3.05) is 19.5 Å². The number of benzene rings is 1. The van der Waals surface area contributed by atoms with E-state index in [9.17, 15) is 8.42 Å². The molecule has 0 radical (unpaired) electrons. The number of hydrogen-bond donors (Lipinski definition) is 2. The van der Waals surface area contributed by atoms with Crippen LogP contribution in [0.3, 0.4) is 0 Å². The number of hydrogen-bond acceptors (Lipinski definition) is 5. The summed E-state index contributed by atoms with van der Waals surface area (Å²) < 4.78 is 32.4. The summed E-state index contributed by atoms with van der Waals surface area (Å²) in [6.07, 6.45) is -0.386. The minimum absolute atomic E-state index is 0.0794. The normalized spacial score (nSPS) is 13.6. The zero-order valence-corrected chi connectivity index (χ0v) is 11.4. The highest BCUT2D eigenvalue weighted by Crippen LogP contribution is 2.15. The van der Waals surface area contributed by atoms with E-state index in [2.05, 4.69) is 5.32 Å². The molecule has 1 aromatic carbocycles. The van der Waals surface area contributed by atoms with Crippen LogP contribution in [0.1, 0.15) is 6.92 Å². The Labute approximate surface area is 107 Å². The monoisotopic (exact) mass is 274 g/mol. The topological polar surface area (TPSA) is 90.7 Å². The summed E-state index contributed by atoms with van der Waals surface area (Å²) in [6.45, 7) is 1.89. The highest BCUT2D eigenvalue weighted by molar-refractivity contribution is 7.89. The smallest absolute Gasteiger partial charge is 0.238 e. The van der Waals surface area contributed by atoms with Crippen LogP contribution in [0.5, 0.6) is 0 Å². The van der Waals surface area contributed by atoms with Crippen molar-refractivity contribution in [1.29, 1.82) is 0 Å². The van der Waals surface area contributed by atoms with Crippen molar-refractivity contribution < 1.29 is 17.9 Å². The number of primary sulfonamides is 1. The summed E-state index contributed by atoms with van der Waals surface area (Å²) in [5, 5.41) is 8.15. The summed E-state index contributed by atoms with van der Waals surface area (Å²) >= 11 is 0. The quantitative estimate of drug-likeness (QED) is 0.747. The molecule has 1 atom stereocenters. The van der Waals surface area contributed by atoms with Crippen molar-refractivity contribution in [3.05, 3.63) is 24.3 Å². The number of anilines is 1. The molecule has 0 heterocycles. The van der Waals surface area contributed by atoms with Gasteiger partial charge in [-0.25, -0.2) is 13.6 Å². The van der Waals surface area contributed by atoms with Gasteiger partial charge in [-0.2, -0.15) is 0 Å². The first kappa shape index (κ1) is 14.9. The van der Waals surface area contributed by atoms with Gasteiger partial charge in [-0.3, -0.25) is 0 Å². The molecule has 0 bridgehead atoms. The predicted molar refractivity (Wildman–Crippen MR) is 68.7 cm³/mol. The van der Waals surface area contributed by atoms with Gasteiger partial charge >= 0.3 is 0 Å². The van der Waals surface area contributed by atoms with Crippen LogP contribution in [0.2, 0.25) is 0 Å². The highest BCUT2D eigenvalue weighted by atomic mass is 32.2. The van der Waals surface area contributed by atoms with Gasteiger partial charge < -0.3 is 14.8 Å². The van der Waals surface area contributed by atoms with Gasteiger partial charge in [0.2, 0.25) is 10.0 Å². The number of nitrogens with two attached hydrogens (primary N) is 1. The Balaban J connectivity index is 2.75. The zero-order valence-electron chi connectivity index (χ0n) is 10.6. The van der Waals surface area contributed by atoms with Crippen LogP contribution in [0, 0.1) is 0 Å². The van der Waals surface area contributed by atoms with Crippen LogP contribution < -0.4 is 10.5 Å². The molecule has 1 rings (SSSR count). The molecule has 18 heavy (non-hydrogen) atoms. The molecule has 0 saturated heterocycles. The SMILES string of the molecule is COC(OC)C(C)Nc1ccc(S(N)(=O)=O)cc1. The summed E-state index contributed by atoms with van der Waals surface area (Å²) in [4.78, 5) is 0.0794. The summed E-state index contributed by atoms with van der Waals surface area (Å²) in [5.74, 6) is 0. The molecule has 1 unspecified atom stereocenters. The molecule has 0 aliphatic carbocycles. The summed E-state index contributed by atoms with van der Waals surface area (Å²) in [6, 6.07) is 6.08. The second kappa shape index (κ2) is 6.14. The maximum atomic E-state index is 11.1. The molecular weight excluding hydrogens is 256 g/mol. The lowest BCUT2D eigenvalue weighted by atomic mass is 10.2. The lowest BCUT2D eigenvalue weighted by Gasteiger charge is -2.23. The number of rotatable bonds is 6. The summed E-state index contributed by atoms with van der Waals surface area (Å²) in [5.41, 5.74) is 0.758. The van der Waals surface area contributed by atoms with E-state index in [1.54, 1.807) is 26.4 Å². The van der Waals surface area contributed by atoms with Crippen molar-refractivity contribution in [3.8, 4) is 0 Å². The minimum Gasteiger partial charge on any atom is -0.377 e. The Bertz CT molecular complexity index is 468. The second-order valence-electron chi connectivity index (χ2n) is 3.84. The molecule has 0 fully saturated rings. The predicted octanol–water partition coefficient (Wildman–Crippen LogP) is 0.753. The molecule has 0 aliphatic rings. The maximum absolute atomic E-state index is 11.1. The molecule has 0 aliphatic heterocycles. The maximum Gasteiger partial charge on any atom is 0.238 e. The van der Waals surface area contributed by atoms with Crippen LogP contribution in [-0.4, -0.2) is 35.0 Å². The van der Waals surface area contributed by atoms with Crippen LogP contribution in [-0.2, 0) is 19.5 Å². The van der Waals surface area contributed by atoms with Gasteiger partial charge in [-0.15, -0.1) is 0 Å². The molecule has 7 heteroatoms. The van der Waals surface area contributed by atoms with E-state index in [1.807, 2.05) is 6.92 Å². The third-order valence-electron chi connectivity index (χ3n) is 2.45. The molecule has 0 spiro atoms. The van der Waals surface area contributed by atoms with Crippen LogP contribution in [0.4, 0.5) is 5.69 Å². The lowest BCUT2D eigenvalue weighted by molar-refractivity contribution is -0.109. The Hall–Kier alpha value is -1.15. The van der Waals surface area contributed by atoms with E-state index in [1.165, 1.54) is 12.1 Å². The van der Waals surface area contributed by atoms with E-state index in [4.69, 9.17) is 14.6 Å². The number of ether oxygens (including phenoxy) is 2. The van der Waals surface area contributed by atoms with E-state index in [0.717, 1.165) is 5.69 Å². The summed E-state index contributed by atoms with van der Waals surface area (Å²) in [7, 11) is -0.547. The molecule has 0 saturated carbocycles. The number of methoxy groups -OCH3 is 2. The van der Waals surface area contributed by atoms with Crippen molar-refractivity contribution in [3.63, 3.8) is 0 Å². The van der Waals surface area contributed by atoms with Gasteiger partial charge in [0.05, 0.1) is 10.9 Å². The number of sulfonamides is 1. The second-order valence-corrected chi connectivity index (χ2v) is 5.40. The lowest BCUT2D eigenvalue weighted by Crippen LogP contribution is -2.33. The van der Waals surface area contributed by atoms with Gasteiger partial charge in [-0.1, -0.05) is 0 Å². The highest BCUT2D eigenvalue weighted by Gasteiger charge is 2.15. The first-order valence-corrected chi connectivity index (χ1v) is 6.88.